The van der Waals surface area contributed by atoms with Crippen molar-refractivity contribution < 1.29 is 13.9 Å². The van der Waals surface area contributed by atoms with Crippen LogP contribution in [0.15, 0.2) is 77.2 Å². The molecule has 6 rings (SSSR count). The zero-order valence-electron chi connectivity index (χ0n) is 27.4. The Hall–Kier alpha value is -4.48. The van der Waals surface area contributed by atoms with Gasteiger partial charge in [-0.1, -0.05) is 37.6 Å². The first-order valence-electron chi connectivity index (χ1n) is 15.7. The third-order valence-corrected chi connectivity index (χ3v) is 9.37. The van der Waals surface area contributed by atoms with Gasteiger partial charge in [0.05, 0.1) is 13.1 Å². The number of halogens is 4. The highest BCUT2D eigenvalue weighted by Crippen LogP contribution is 2.20. The van der Waals surface area contributed by atoms with Crippen LogP contribution in [0.5, 0.6) is 0 Å². The molecule has 0 bridgehead atoms. The van der Waals surface area contributed by atoms with Gasteiger partial charge in [-0.05, 0) is 80.1 Å². The highest BCUT2D eigenvalue weighted by atomic mass is 79.9. The molecule has 4 heterocycles. The third kappa shape index (κ3) is 7.34. The maximum atomic E-state index is 13.1. The molecule has 264 valence electrons. The zero-order valence-corrected chi connectivity index (χ0v) is 30.6. The van der Waals surface area contributed by atoms with Gasteiger partial charge in [0, 0.05) is 33.8 Å². The van der Waals surface area contributed by atoms with Crippen molar-refractivity contribution in [3.8, 4) is 0 Å². The normalized spacial score (nSPS) is 11.4. The highest BCUT2D eigenvalue weighted by Gasteiger charge is 2.21. The lowest BCUT2D eigenvalue weighted by molar-refractivity contribution is 0.277. The van der Waals surface area contributed by atoms with E-state index in [1.54, 1.807) is 47.5 Å². The Morgan fingerprint density at radius 2 is 1.02 bits per heavy atom. The number of imidazole rings is 2. The monoisotopic (exact) mass is 818 g/mol. The lowest BCUT2D eigenvalue weighted by Gasteiger charge is -2.10. The molecule has 13 nitrogen and oxygen atoms in total. The Kier molecular flexibility index (Phi) is 11.5. The highest BCUT2D eigenvalue weighted by molar-refractivity contribution is 9.10. The van der Waals surface area contributed by atoms with Crippen LogP contribution in [0.25, 0.3) is 22.3 Å². The van der Waals surface area contributed by atoms with E-state index in [2.05, 4.69) is 41.8 Å². The molecule has 0 unspecified atom stereocenters. The summed E-state index contributed by atoms with van der Waals surface area (Å²) in [5, 5.41) is 8.99. The molecule has 0 atom stereocenters. The molecule has 0 fully saturated rings. The fourth-order valence-electron chi connectivity index (χ4n) is 5.46. The van der Waals surface area contributed by atoms with Crippen molar-refractivity contribution in [2.45, 2.75) is 52.4 Å². The summed E-state index contributed by atoms with van der Waals surface area (Å²) in [7, 11) is 3.15. The molecule has 0 spiro atoms. The summed E-state index contributed by atoms with van der Waals surface area (Å²) >= 11 is 6.69. The molecule has 0 amide bonds. The van der Waals surface area contributed by atoms with Gasteiger partial charge in [0.25, 0.3) is 11.1 Å². The lowest BCUT2D eigenvalue weighted by Crippen LogP contribution is -2.39. The van der Waals surface area contributed by atoms with Crippen molar-refractivity contribution in [3.63, 3.8) is 0 Å². The average molecular weight is 820 g/mol. The summed E-state index contributed by atoms with van der Waals surface area (Å²) in [4.78, 5) is 59.1. The summed E-state index contributed by atoms with van der Waals surface area (Å²) in [5.41, 5.74) is 1.17. The lowest BCUT2D eigenvalue weighted by atomic mass is 10.2. The van der Waals surface area contributed by atoms with E-state index in [-0.39, 0.29) is 47.2 Å². The molecule has 1 N–H and O–H groups in total. The van der Waals surface area contributed by atoms with Gasteiger partial charge < -0.3 is 14.2 Å². The second-order valence-electron chi connectivity index (χ2n) is 11.6. The molecule has 17 heteroatoms. The fraction of sp³-hybridized carbons (Fsp3) is 0.333. The van der Waals surface area contributed by atoms with Crippen LogP contribution in [0.4, 0.5) is 8.78 Å². The van der Waals surface area contributed by atoms with Crippen LogP contribution in [-0.4, -0.2) is 49.1 Å². The second-order valence-corrected chi connectivity index (χ2v) is 13.0. The summed E-state index contributed by atoms with van der Waals surface area (Å²) in [5.74, 6) is -0.658. The van der Waals surface area contributed by atoms with E-state index in [0.717, 1.165) is 28.5 Å². The average Bonchev–Trinajstić information content (AvgIpc) is 3.61. The Labute approximate surface area is 299 Å². The number of aliphatic hydroxyl groups is 1. The number of nitrogens with zero attached hydrogens (tertiary/aromatic N) is 8. The van der Waals surface area contributed by atoms with E-state index < -0.39 is 11.2 Å². The fourth-order valence-corrected chi connectivity index (χ4v) is 6.40. The molecule has 6 aromatic rings. The van der Waals surface area contributed by atoms with Crippen molar-refractivity contribution in [1.29, 1.82) is 0 Å². The number of aromatic nitrogens is 8. The van der Waals surface area contributed by atoms with E-state index in [1.165, 1.54) is 38.0 Å². The predicted molar refractivity (Wildman–Crippen MR) is 191 cm³/mol. The summed E-state index contributed by atoms with van der Waals surface area (Å²) < 4.78 is 35.4. The number of hydrogen-bond acceptors (Lipinski definition) is 7. The molecule has 4 aromatic heterocycles. The summed E-state index contributed by atoms with van der Waals surface area (Å²) in [6.07, 6.45) is 1.92. The van der Waals surface area contributed by atoms with Crippen molar-refractivity contribution in [2.75, 3.05) is 6.61 Å². The van der Waals surface area contributed by atoms with Crippen molar-refractivity contribution in [3.05, 3.63) is 122 Å². The molecular formula is C33H34Br2F2N8O5. The van der Waals surface area contributed by atoms with Crippen LogP contribution < -0.4 is 22.5 Å². The summed E-state index contributed by atoms with van der Waals surface area (Å²) in [6.45, 7) is 3.02. The largest absolute Gasteiger partial charge is 0.396 e. The minimum Gasteiger partial charge on any atom is -0.396 e. The second kappa shape index (κ2) is 15.6. The van der Waals surface area contributed by atoms with Crippen LogP contribution in [-0.2, 0) is 40.3 Å². The molecule has 0 aliphatic rings. The number of fused-ring (bicyclic) bond motifs is 2. The molecule has 0 radical (unpaired) electrons. The van der Waals surface area contributed by atoms with Gasteiger partial charge in [-0.25, -0.2) is 28.3 Å². The Balaban J connectivity index is 0.000000194. The topological polar surface area (TPSA) is 144 Å². The molecular weight excluding hydrogens is 786 g/mol. The third-order valence-electron chi connectivity index (χ3n) is 8.15. The molecule has 0 aliphatic heterocycles. The number of aliphatic hydroxyl groups excluding tert-OH is 1. The van der Waals surface area contributed by atoms with E-state index >= 15 is 0 Å². The Morgan fingerprint density at radius 3 is 1.38 bits per heavy atom. The smallest absolute Gasteiger partial charge is 0.332 e. The quantitative estimate of drug-likeness (QED) is 0.207. The minimum absolute atomic E-state index is 0.119. The van der Waals surface area contributed by atoms with Gasteiger partial charge in [0.2, 0.25) is 0 Å². The van der Waals surface area contributed by atoms with Gasteiger partial charge in [-0.3, -0.25) is 27.9 Å². The van der Waals surface area contributed by atoms with Crippen molar-refractivity contribution in [1.82, 2.24) is 37.4 Å². The zero-order chi connectivity index (χ0) is 36.3. The van der Waals surface area contributed by atoms with Crippen LogP contribution >= 0.6 is 31.9 Å². The van der Waals surface area contributed by atoms with Crippen LogP contribution in [0.1, 0.15) is 37.3 Å². The molecule has 2 aromatic carbocycles. The van der Waals surface area contributed by atoms with Gasteiger partial charge in [0.15, 0.2) is 31.8 Å². The minimum atomic E-state index is -0.482. The first-order chi connectivity index (χ1) is 23.9. The SMILES string of the molecule is CCCCn1c(=O)c2c(nc(Br)n2Cc2ccc(F)cc2)n(C)c1=O.Cn1c(=O)n(CCCO)c(=O)c2c1nc(Br)n2Cc1ccc(F)cc1. The van der Waals surface area contributed by atoms with Crippen LogP contribution in [0, 0.1) is 11.6 Å². The van der Waals surface area contributed by atoms with Gasteiger partial charge in [0.1, 0.15) is 11.6 Å². The van der Waals surface area contributed by atoms with E-state index in [9.17, 15) is 28.0 Å². The number of benzene rings is 2. The predicted octanol–water partition coefficient (Wildman–Crippen LogP) is 3.88. The van der Waals surface area contributed by atoms with E-state index in [4.69, 9.17) is 5.11 Å². The summed E-state index contributed by atoms with van der Waals surface area (Å²) in [6, 6.07) is 12.0. The van der Waals surface area contributed by atoms with Gasteiger partial charge in [-0.15, -0.1) is 0 Å². The van der Waals surface area contributed by atoms with E-state index in [0.29, 0.717) is 46.7 Å². The number of rotatable bonds is 10. The molecule has 0 saturated carbocycles. The van der Waals surface area contributed by atoms with Crippen LogP contribution in [0.3, 0.4) is 0 Å². The standard InChI is InChI=1S/C17H18BrFN4O2.C16H16BrFN4O3/c1-3-4-9-22-15(24)13-14(21(2)17(22)25)20-16(18)23(13)10-11-5-7-12(19)8-6-11;1-20-13-12(14(24)21(16(20)25)7-2-8-23)22(15(17)19-13)9-10-3-5-11(18)6-4-10/h5-8H,3-4,9-10H2,1-2H3;3-6,23H,2,7-9H2,1H3. The maximum Gasteiger partial charge on any atom is 0.332 e. The number of aryl methyl sites for hydroxylation is 2. The molecule has 0 aliphatic carbocycles. The van der Waals surface area contributed by atoms with Crippen molar-refractivity contribution >= 4 is 54.2 Å². The Bertz CT molecular complexity index is 2240. The van der Waals surface area contributed by atoms with Crippen molar-refractivity contribution in [2.24, 2.45) is 14.1 Å². The number of hydrogen-bond donors (Lipinski definition) is 1. The first kappa shape index (κ1) is 36.8. The maximum absolute atomic E-state index is 13.1. The van der Waals surface area contributed by atoms with Gasteiger partial charge >= 0.3 is 11.4 Å². The Morgan fingerprint density at radius 1 is 0.640 bits per heavy atom. The van der Waals surface area contributed by atoms with Gasteiger partial charge in [-0.2, -0.15) is 0 Å². The van der Waals surface area contributed by atoms with E-state index in [1.807, 2.05) is 6.92 Å². The molecule has 0 saturated heterocycles. The number of unbranched alkanes of at least 4 members (excludes halogenated alkanes) is 1. The molecule has 50 heavy (non-hydrogen) atoms. The van der Waals surface area contributed by atoms with Crippen LogP contribution in [0.2, 0.25) is 0 Å². The first-order valence-corrected chi connectivity index (χ1v) is 17.3.